The van der Waals surface area contributed by atoms with Crippen LogP contribution in [0.3, 0.4) is 0 Å². The topological polar surface area (TPSA) is 83.7 Å². The molecule has 0 spiro atoms. The molecule has 0 saturated heterocycles. The number of aliphatic hydroxyl groups is 1. The molecule has 1 amide bonds. The number of rotatable bonds is 3. The van der Waals surface area contributed by atoms with E-state index in [1.807, 2.05) is 13.8 Å². The average molecular weight is 321 g/mol. The van der Waals surface area contributed by atoms with E-state index in [9.17, 15) is 14.7 Å². The van der Waals surface area contributed by atoms with Gasteiger partial charge in [-0.2, -0.15) is 0 Å². The second kappa shape index (κ2) is 5.48. The molecule has 1 aliphatic carbocycles. The Morgan fingerprint density at radius 3 is 2.77 bits per heavy atom. The Morgan fingerprint density at radius 1 is 1.45 bits per heavy atom. The lowest BCUT2D eigenvalue weighted by Crippen LogP contribution is -2.50. The minimum atomic E-state index is -0.594. The molecule has 0 aliphatic heterocycles. The van der Waals surface area contributed by atoms with Gasteiger partial charge in [0.05, 0.1) is 12.1 Å². The molecule has 0 unspecified atom stereocenters. The largest absolute Gasteiger partial charge is 0.394 e. The van der Waals surface area contributed by atoms with E-state index in [1.54, 1.807) is 0 Å². The third kappa shape index (κ3) is 2.34. The zero-order valence-electron chi connectivity index (χ0n) is 12.7. The van der Waals surface area contributed by atoms with E-state index in [0.29, 0.717) is 4.96 Å². The Morgan fingerprint density at radius 2 is 2.14 bits per heavy atom. The van der Waals surface area contributed by atoms with Crippen molar-refractivity contribution in [3.63, 3.8) is 0 Å². The molecule has 0 bridgehead atoms. The Balaban J connectivity index is 1.99. The zero-order valence-corrected chi connectivity index (χ0v) is 13.5. The maximum Gasteiger partial charge on any atom is 0.271 e. The van der Waals surface area contributed by atoms with E-state index in [0.717, 1.165) is 36.3 Å². The number of carbonyl (C=O) groups excluding carboxylic acids is 1. The monoisotopic (exact) mass is 321 g/mol. The second-order valence-corrected chi connectivity index (χ2v) is 7.12. The quantitative estimate of drug-likeness (QED) is 0.895. The van der Waals surface area contributed by atoms with E-state index in [4.69, 9.17) is 0 Å². The van der Waals surface area contributed by atoms with Gasteiger partial charge in [-0.1, -0.05) is 12.8 Å². The smallest absolute Gasteiger partial charge is 0.271 e. The predicted molar refractivity (Wildman–Crippen MR) is 84.6 cm³/mol. The first kappa shape index (κ1) is 15.2. The van der Waals surface area contributed by atoms with Crippen LogP contribution in [0.15, 0.2) is 11.0 Å². The van der Waals surface area contributed by atoms with Gasteiger partial charge in [0.1, 0.15) is 5.56 Å². The molecule has 0 radical (unpaired) electrons. The molecule has 2 heterocycles. The van der Waals surface area contributed by atoms with Gasteiger partial charge in [-0.3, -0.25) is 14.0 Å². The lowest BCUT2D eigenvalue weighted by molar-refractivity contribution is 0.0836. The fourth-order valence-electron chi connectivity index (χ4n) is 3.01. The molecule has 2 aromatic heterocycles. The summed E-state index contributed by atoms with van der Waals surface area (Å²) in [7, 11) is 0. The van der Waals surface area contributed by atoms with Crippen molar-refractivity contribution in [3.8, 4) is 0 Å². The van der Waals surface area contributed by atoms with Gasteiger partial charge in [0.15, 0.2) is 4.96 Å². The first-order chi connectivity index (χ1) is 10.5. The SMILES string of the molecule is Cc1sc2ncc(C(=O)NC3(CO)CCCC3)c(=O)n2c1C. The molecule has 6 nitrogen and oxygen atoms in total. The van der Waals surface area contributed by atoms with Gasteiger partial charge >= 0.3 is 0 Å². The summed E-state index contributed by atoms with van der Waals surface area (Å²) in [5, 5.41) is 12.4. The van der Waals surface area contributed by atoms with Crippen molar-refractivity contribution in [1.82, 2.24) is 14.7 Å². The first-order valence-corrected chi connectivity index (χ1v) is 8.20. The Bertz CT molecular complexity index is 787. The minimum absolute atomic E-state index is 0.0260. The summed E-state index contributed by atoms with van der Waals surface area (Å²) in [6, 6.07) is 0. The number of carbonyl (C=O) groups is 1. The number of thiazole rings is 1. The summed E-state index contributed by atoms with van der Waals surface area (Å²) in [4.78, 5) is 30.9. The highest BCUT2D eigenvalue weighted by Crippen LogP contribution is 2.29. The van der Waals surface area contributed by atoms with Crippen molar-refractivity contribution < 1.29 is 9.90 Å². The lowest BCUT2D eigenvalue weighted by atomic mass is 9.98. The molecular weight excluding hydrogens is 302 g/mol. The molecule has 118 valence electrons. The Hall–Kier alpha value is -1.73. The van der Waals surface area contributed by atoms with E-state index >= 15 is 0 Å². The van der Waals surface area contributed by atoms with Crippen LogP contribution in [0.5, 0.6) is 0 Å². The molecular formula is C15H19N3O3S. The van der Waals surface area contributed by atoms with Crippen molar-refractivity contribution in [1.29, 1.82) is 0 Å². The number of hydrogen-bond acceptors (Lipinski definition) is 5. The number of hydrogen-bond donors (Lipinski definition) is 2. The van der Waals surface area contributed by atoms with Crippen LogP contribution in [-0.4, -0.2) is 32.5 Å². The summed E-state index contributed by atoms with van der Waals surface area (Å²) >= 11 is 1.43. The molecule has 2 N–H and O–H groups in total. The third-order valence-electron chi connectivity index (χ3n) is 4.50. The van der Waals surface area contributed by atoms with Gasteiger partial charge in [0, 0.05) is 16.8 Å². The van der Waals surface area contributed by atoms with Gasteiger partial charge < -0.3 is 10.4 Å². The molecule has 22 heavy (non-hydrogen) atoms. The number of nitrogens with zero attached hydrogens (tertiary/aromatic N) is 2. The van der Waals surface area contributed by atoms with Crippen LogP contribution in [0.4, 0.5) is 0 Å². The number of aryl methyl sites for hydroxylation is 2. The van der Waals surface area contributed by atoms with Gasteiger partial charge in [0.25, 0.3) is 11.5 Å². The zero-order chi connectivity index (χ0) is 15.9. The number of aliphatic hydroxyl groups excluding tert-OH is 1. The highest BCUT2D eigenvalue weighted by atomic mass is 32.1. The lowest BCUT2D eigenvalue weighted by Gasteiger charge is -2.27. The fraction of sp³-hybridized carbons (Fsp3) is 0.533. The van der Waals surface area contributed by atoms with Gasteiger partial charge in [-0.05, 0) is 26.7 Å². The molecule has 1 aliphatic rings. The number of aromatic nitrogens is 2. The Kier molecular flexibility index (Phi) is 3.78. The Labute approximate surface area is 131 Å². The standard InChI is InChI=1S/C15H19N3O3S/c1-9-10(2)22-14-16-7-11(13(21)18(9)14)12(20)17-15(8-19)5-3-4-6-15/h7,19H,3-6,8H2,1-2H3,(H,17,20). The van der Waals surface area contributed by atoms with Crippen molar-refractivity contribution in [2.45, 2.75) is 45.1 Å². The first-order valence-electron chi connectivity index (χ1n) is 7.38. The number of amides is 1. The van der Waals surface area contributed by atoms with Crippen LogP contribution >= 0.6 is 11.3 Å². The van der Waals surface area contributed by atoms with Crippen LogP contribution in [0.25, 0.3) is 4.96 Å². The van der Waals surface area contributed by atoms with Crippen LogP contribution in [0.2, 0.25) is 0 Å². The van der Waals surface area contributed by atoms with E-state index in [-0.39, 0.29) is 17.7 Å². The number of fused-ring (bicyclic) bond motifs is 1. The maximum absolute atomic E-state index is 12.6. The highest BCUT2D eigenvalue weighted by Gasteiger charge is 2.35. The van der Waals surface area contributed by atoms with Gasteiger partial charge in [-0.15, -0.1) is 11.3 Å². The molecule has 0 aromatic carbocycles. The highest BCUT2D eigenvalue weighted by molar-refractivity contribution is 7.17. The van der Waals surface area contributed by atoms with Crippen molar-refractivity contribution in [3.05, 3.63) is 32.7 Å². The van der Waals surface area contributed by atoms with Crippen LogP contribution in [-0.2, 0) is 0 Å². The molecule has 0 atom stereocenters. The van der Waals surface area contributed by atoms with Crippen LogP contribution < -0.4 is 10.9 Å². The maximum atomic E-state index is 12.6. The average Bonchev–Trinajstić information content (AvgIpc) is 3.06. The third-order valence-corrected chi connectivity index (χ3v) is 5.58. The van der Waals surface area contributed by atoms with Crippen molar-refractivity contribution >= 4 is 22.2 Å². The number of nitrogens with one attached hydrogen (secondary N) is 1. The molecule has 1 saturated carbocycles. The molecule has 3 rings (SSSR count). The molecule has 7 heteroatoms. The summed E-state index contributed by atoms with van der Waals surface area (Å²) in [5.74, 6) is -0.453. The van der Waals surface area contributed by atoms with Crippen molar-refractivity contribution in [2.24, 2.45) is 0 Å². The van der Waals surface area contributed by atoms with E-state index in [1.165, 1.54) is 21.9 Å². The van der Waals surface area contributed by atoms with E-state index in [2.05, 4.69) is 10.3 Å². The normalized spacial score (nSPS) is 17.0. The fourth-order valence-corrected chi connectivity index (χ4v) is 3.94. The summed E-state index contributed by atoms with van der Waals surface area (Å²) in [5.41, 5.74) is -0.110. The second-order valence-electron chi connectivity index (χ2n) is 5.94. The predicted octanol–water partition coefficient (Wildman–Crippen LogP) is 1.41. The molecule has 1 fully saturated rings. The van der Waals surface area contributed by atoms with E-state index < -0.39 is 11.4 Å². The summed E-state index contributed by atoms with van der Waals surface area (Å²) < 4.78 is 1.48. The van der Waals surface area contributed by atoms with Crippen LogP contribution in [0.1, 0.15) is 46.6 Å². The van der Waals surface area contributed by atoms with Crippen LogP contribution in [0, 0.1) is 13.8 Å². The molecule has 2 aromatic rings. The van der Waals surface area contributed by atoms with Gasteiger partial charge in [0.2, 0.25) is 0 Å². The summed E-state index contributed by atoms with van der Waals surface area (Å²) in [6.07, 6.45) is 4.76. The van der Waals surface area contributed by atoms with Crippen molar-refractivity contribution in [2.75, 3.05) is 6.61 Å². The minimum Gasteiger partial charge on any atom is -0.394 e. The van der Waals surface area contributed by atoms with Gasteiger partial charge in [-0.25, -0.2) is 4.98 Å². The summed E-state index contributed by atoms with van der Waals surface area (Å²) in [6.45, 7) is 3.66.